The normalized spacial score (nSPS) is 14.7. The van der Waals surface area contributed by atoms with Crippen LogP contribution in [0.2, 0.25) is 0 Å². The zero-order valence-electron chi connectivity index (χ0n) is 14.9. The van der Waals surface area contributed by atoms with Gasteiger partial charge in [0.1, 0.15) is 35.0 Å². The Balaban J connectivity index is 1.69. The summed E-state index contributed by atoms with van der Waals surface area (Å²) in [5.74, 6) is 0.937. The van der Waals surface area contributed by atoms with Crippen molar-refractivity contribution in [3.05, 3.63) is 36.7 Å². The molecule has 1 fully saturated rings. The van der Waals surface area contributed by atoms with Crippen LogP contribution >= 0.6 is 0 Å². The molecule has 11 heteroatoms. The van der Waals surface area contributed by atoms with Gasteiger partial charge in [0.25, 0.3) is 0 Å². The third kappa shape index (κ3) is 4.56. The van der Waals surface area contributed by atoms with Gasteiger partial charge in [-0.2, -0.15) is 0 Å². The molecule has 3 rings (SSSR count). The minimum Gasteiger partial charge on any atom is -0.514 e. The molecule has 130 valence electrons. The van der Waals surface area contributed by atoms with Gasteiger partial charge in [-0.05, 0) is 12.1 Å². The highest BCUT2D eigenvalue weighted by Gasteiger charge is 2.24. The molecule has 26 heavy (non-hydrogen) atoms. The lowest BCUT2D eigenvalue weighted by molar-refractivity contribution is -0.120. The zero-order valence-corrected chi connectivity index (χ0v) is 14.9. The van der Waals surface area contributed by atoms with E-state index < -0.39 is 6.03 Å². The summed E-state index contributed by atoms with van der Waals surface area (Å²) in [6.45, 7) is 0.292. The van der Waals surface area contributed by atoms with Crippen molar-refractivity contribution in [1.29, 1.82) is 0 Å². The van der Waals surface area contributed by atoms with Crippen molar-refractivity contribution in [2.24, 2.45) is 0 Å². The van der Waals surface area contributed by atoms with Gasteiger partial charge in [0, 0.05) is 24.3 Å². The van der Waals surface area contributed by atoms with E-state index in [0.717, 1.165) is 0 Å². The number of hydrogen-bond donors (Lipinski definition) is 1. The fourth-order valence-corrected chi connectivity index (χ4v) is 2.37. The van der Waals surface area contributed by atoms with E-state index in [-0.39, 0.29) is 23.6 Å². The molecule has 1 aliphatic rings. The molecule has 0 spiro atoms. The Labute approximate surface area is 153 Å². The monoisotopic (exact) mass is 350 g/mol. The second-order valence-electron chi connectivity index (χ2n) is 6.77. The van der Waals surface area contributed by atoms with E-state index >= 15 is 0 Å². The third-order valence-corrected chi connectivity index (χ3v) is 3.42. The fraction of sp³-hybridized carbons (Fsp3) is 0.200. The first-order valence-electron chi connectivity index (χ1n) is 8.20. The molecule has 0 atom stereocenters. The van der Waals surface area contributed by atoms with E-state index in [4.69, 9.17) is 9.47 Å². The van der Waals surface area contributed by atoms with Crippen molar-refractivity contribution in [2.45, 2.75) is 11.7 Å². The maximum atomic E-state index is 11.8. The van der Waals surface area contributed by atoms with Crippen LogP contribution in [0.4, 0.5) is 10.5 Å². The van der Waals surface area contributed by atoms with Crippen LogP contribution in [-0.2, 0) is 4.79 Å². The van der Waals surface area contributed by atoms with Gasteiger partial charge in [0.2, 0.25) is 5.91 Å². The number of rotatable bonds is 5. The standard InChI is InChI=1S/C15H17B3N4O4/c16-15(17,18)26-11-3-1-2-10(6-11)25-13-19-7-9(8-20-13)22-5-4-12(23)21-14(22)24/h1-3,6-8H,4-5,16-18H2,(H,21,23,24). The summed E-state index contributed by atoms with van der Waals surface area (Å²) in [7, 11) is 5.89. The maximum absolute atomic E-state index is 11.8. The minimum atomic E-state index is -0.481. The zero-order chi connectivity index (χ0) is 18.7. The molecule has 1 aromatic carbocycles. The van der Waals surface area contributed by atoms with E-state index in [0.29, 0.717) is 23.7 Å². The second kappa shape index (κ2) is 7.11. The van der Waals surface area contributed by atoms with E-state index in [2.05, 4.69) is 15.3 Å². The number of carbonyl (C=O) groups is 2. The number of aromatic nitrogens is 2. The van der Waals surface area contributed by atoms with Gasteiger partial charge in [-0.1, -0.05) is 6.07 Å². The molecule has 2 heterocycles. The number of benzene rings is 1. The highest BCUT2D eigenvalue weighted by molar-refractivity contribution is 6.58. The number of carbonyl (C=O) groups excluding carboxylic acids is 2. The van der Waals surface area contributed by atoms with Crippen molar-refractivity contribution in [3.8, 4) is 17.5 Å². The molecule has 0 saturated carbocycles. The Hall–Kier alpha value is -2.97. The molecule has 0 bridgehead atoms. The van der Waals surface area contributed by atoms with Gasteiger partial charge < -0.3 is 9.47 Å². The minimum absolute atomic E-state index is 0.148. The number of urea groups is 1. The Morgan fingerprint density at radius 2 is 1.81 bits per heavy atom. The first-order chi connectivity index (χ1) is 12.3. The molecule has 0 aliphatic carbocycles. The van der Waals surface area contributed by atoms with Crippen LogP contribution in [0.3, 0.4) is 0 Å². The van der Waals surface area contributed by atoms with Crippen LogP contribution in [0.25, 0.3) is 0 Å². The van der Waals surface area contributed by atoms with Crippen molar-refractivity contribution in [2.75, 3.05) is 11.4 Å². The Morgan fingerprint density at radius 3 is 2.46 bits per heavy atom. The summed E-state index contributed by atoms with van der Waals surface area (Å²) in [5, 5.41) is 1.94. The molecule has 1 saturated heterocycles. The highest BCUT2D eigenvalue weighted by atomic mass is 16.5. The van der Waals surface area contributed by atoms with Gasteiger partial charge in [0.05, 0.1) is 18.1 Å². The van der Waals surface area contributed by atoms with Crippen molar-refractivity contribution in [1.82, 2.24) is 15.3 Å². The predicted molar refractivity (Wildman–Crippen MR) is 103 cm³/mol. The molecule has 2 aromatic rings. The summed E-state index contributed by atoms with van der Waals surface area (Å²) >= 11 is 0. The molecule has 8 nitrogen and oxygen atoms in total. The SMILES string of the molecule is BC(B)(B)Oc1cccc(Oc2ncc(N3CCC(=O)NC3=O)cn2)c1. The molecule has 0 radical (unpaired) electrons. The quantitative estimate of drug-likeness (QED) is 0.668. The van der Waals surface area contributed by atoms with Crippen molar-refractivity contribution >= 4 is 41.2 Å². The Kier molecular flexibility index (Phi) is 4.88. The van der Waals surface area contributed by atoms with Crippen LogP contribution in [0.1, 0.15) is 6.42 Å². The molecular formula is C15H17B3N4O4. The number of hydrogen-bond acceptors (Lipinski definition) is 6. The molecule has 1 aliphatic heterocycles. The molecule has 1 aromatic heterocycles. The van der Waals surface area contributed by atoms with Crippen LogP contribution in [-0.4, -0.2) is 57.3 Å². The van der Waals surface area contributed by atoms with E-state index in [1.165, 1.54) is 17.3 Å². The summed E-state index contributed by atoms with van der Waals surface area (Å²) in [5.41, 5.74) is 0.493. The average molecular weight is 350 g/mol. The number of imide groups is 1. The first-order valence-corrected chi connectivity index (χ1v) is 8.20. The summed E-state index contributed by atoms with van der Waals surface area (Å²) in [6.07, 6.45) is 3.20. The van der Waals surface area contributed by atoms with Crippen LogP contribution in [0, 0.1) is 0 Å². The van der Waals surface area contributed by atoms with Crippen LogP contribution < -0.4 is 19.7 Å². The lowest BCUT2D eigenvalue weighted by Crippen LogP contribution is -2.49. The van der Waals surface area contributed by atoms with Crippen LogP contribution in [0.15, 0.2) is 36.7 Å². The average Bonchev–Trinajstić information content (AvgIpc) is 2.55. The Morgan fingerprint density at radius 1 is 1.12 bits per heavy atom. The Bertz CT molecular complexity index is 826. The topological polar surface area (TPSA) is 93.7 Å². The summed E-state index contributed by atoms with van der Waals surface area (Å²) in [6, 6.07) is 6.86. The van der Waals surface area contributed by atoms with Crippen LogP contribution in [0.5, 0.6) is 17.5 Å². The summed E-state index contributed by atoms with van der Waals surface area (Å²) < 4.78 is 11.4. The van der Waals surface area contributed by atoms with Gasteiger partial charge in [0.15, 0.2) is 0 Å². The van der Waals surface area contributed by atoms with Gasteiger partial charge >= 0.3 is 12.0 Å². The van der Waals surface area contributed by atoms with E-state index in [9.17, 15) is 9.59 Å². The second-order valence-corrected chi connectivity index (χ2v) is 6.77. The third-order valence-electron chi connectivity index (χ3n) is 3.42. The molecule has 3 amide bonds. The highest BCUT2D eigenvalue weighted by Crippen LogP contribution is 2.25. The van der Waals surface area contributed by atoms with Crippen molar-refractivity contribution in [3.63, 3.8) is 0 Å². The summed E-state index contributed by atoms with van der Waals surface area (Å²) in [4.78, 5) is 32.7. The molecule has 1 N–H and O–H groups in total. The van der Waals surface area contributed by atoms with Gasteiger partial charge in [-0.25, -0.2) is 14.8 Å². The number of anilines is 1. The number of nitrogens with zero attached hydrogens (tertiary/aromatic N) is 3. The smallest absolute Gasteiger partial charge is 0.328 e. The first kappa shape index (κ1) is 17.8. The number of ether oxygens (including phenoxy) is 2. The van der Waals surface area contributed by atoms with Gasteiger partial charge in [-0.3, -0.25) is 15.0 Å². The number of nitrogens with one attached hydrogen (secondary N) is 1. The van der Waals surface area contributed by atoms with Crippen molar-refractivity contribution < 1.29 is 19.1 Å². The molecule has 0 unspecified atom stereocenters. The van der Waals surface area contributed by atoms with E-state index in [1.807, 2.05) is 35.7 Å². The predicted octanol–water partition coefficient (Wildman–Crippen LogP) is -1.40. The van der Waals surface area contributed by atoms with E-state index in [1.54, 1.807) is 12.1 Å². The lowest BCUT2D eigenvalue weighted by Gasteiger charge is -2.25. The van der Waals surface area contributed by atoms with Gasteiger partial charge in [-0.15, -0.1) is 0 Å². The largest absolute Gasteiger partial charge is 0.514 e. The number of amides is 3. The lowest BCUT2D eigenvalue weighted by atomic mass is 9.52. The fourth-order valence-electron chi connectivity index (χ4n) is 2.37. The maximum Gasteiger partial charge on any atom is 0.328 e. The molecular weight excluding hydrogens is 333 g/mol.